The predicted molar refractivity (Wildman–Crippen MR) is 90.3 cm³/mol. The number of nitrogen functional groups attached to an aromatic ring is 1. The van der Waals surface area contributed by atoms with Crippen molar-refractivity contribution in [1.29, 1.82) is 0 Å². The van der Waals surface area contributed by atoms with Crippen molar-refractivity contribution in [2.45, 2.75) is 0 Å². The molecule has 0 aliphatic heterocycles. The number of anilines is 1. The molecule has 4 rings (SSSR count). The Balaban J connectivity index is 1.95. The lowest BCUT2D eigenvalue weighted by Crippen LogP contribution is -2.00. The highest BCUT2D eigenvalue weighted by atomic mass is 16.3. The first-order valence-electron chi connectivity index (χ1n) is 7.29. The van der Waals surface area contributed by atoms with E-state index < -0.39 is 0 Å². The van der Waals surface area contributed by atoms with Crippen molar-refractivity contribution in [1.82, 2.24) is 15.0 Å². The number of aldehydes is 1. The summed E-state index contributed by atoms with van der Waals surface area (Å²) in [6.45, 7) is 0. The number of carbonyl (C=O) groups excluding carboxylic acids is 1. The third-order valence-electron chi connectivity index (χ3n) is 3.60. The second kappa shape index (κ2) is 5.58. The number of pyridine rings is 1. The van der Waals surface area contributed by atoms with E-state index in [-0.39, 0.29) is 11.7 Å². The molecule has 3 aromatic heterocycles. The summed E-state index contributed by atoms with van der Waals surface area (Å²) in [6.07, 6.45) is 0.657. The van der Waals surface area contributed by atoms with Crippen LogP contribution in [0.25, 0.3) is 33.7 Å². The van der Waals surface area contributed by atoms with E-state index in [1.165, 1.54) is 0 Å². The molecule has 0 radical (unpaired) electrons. The second-order valence-electron chi connectivity index (χ2n) is 5.18. The number of benzene rings is 1. The maximum atomic E-state index is 10.8. The average molecular weight is 316 g/mol. The molecule has 0 bridgehead atoms. The van der Waals surface area contributed by atoms with E-state index in [1.807, 2.05) is 36.4 Å². The van der Waals surface area contributed by atoms with Gasteiger partial charge in [-0.25, -0.2) is 15.0 Å². The normalized spacial score (nSPS) is 10.8. The van der Waals surface area contributed by atoms with Crippen LogP contribution < -0.4 is 5.73 Å². The molecule has 6 nitrogen and oxygen atoms in total. The minimum absolute atomic E-state index is 0.192. The van der Waals surface area contributed by atoms with E-state index in [1.54, 1.807) is 18.2 Å². The number of hydrogen-bond donors (Lipinski definition) is 1. The van der Waals surface area contributed by atoms with Crippen molar-refractivity contribution in [3.63, 3.8) is 0 Å². The highest BCUT2D eigenvalue weighted by molar-refractivity contribution is 5.91. The van der Waals surface area contributed by atoms with Crippen LogP contribution >= 0.6 is 0 Å². The highest BCUT2D eigenvalue weighted by Gasteiger charge is 2.13. The first kappa shape index (κ1) is 14.1. The van der Waals surface area contributed by atoms with Gasteiger partial charge in [0.1, 0.15) is 16.9 Å². The van der Waals surface area contributed by atoms with Gasteiger partial charge in [-0.05, 0) is 24.3 Å². The molecule has 2 N–H and O–H groups in total. The van der Waals surface area contributed by atoms with Gasteiger partial charge in [0.2, 0.25) is 5.95 Å². The molecule has 0 amide bonds. The minimum Gasteiger partial charge on any atom is -0.452 e. The quantitative estimate of drug-likeness (QED) is 0.582. The number of fused-ring (bicyclic) bond motifs is 1. The molecule has 0 unspecified atom stereocenters. The fourth-order valence-electron chi connectivity index (χ4n) is 2.52. The predicted octanol–water partition coefficient (Wildman–Crippen LogP) is 3.35. The molecule has 0 atom stereocenters. The first-order valence-corrected chi connectivity index (χ1v) is 7.29. The lowest BCUT2D eigenvalue weighted by atomic mass is 10.1. The summed E-state index contributed by atoms with van der Waals surface area (Å²) in [4.78, 5) is 24.0. The summed E-state index contributed by atoms with van der Waals surface area (Å²) < 4.78 is 5.44. The Bertz CT molecular complexity index is 1040. The van der Waals surface area contributed by atoms with Gasteiger partial charge in [-0.2, -0.15) is 0 Å². The van der Waals surface area contributed by atoms with Crippen molar-refractivity contribution in [3.8, 4) is 22.7 Å². The van der Waals surface area contributed by atoms with Gasteiger partial charge in [0.05, 0.1) is 5.52 Å². The van der Waals surface area contributed by atoms with Gasteiger partial charge >= 0.3 is 0 Å². The zero-order valence-electron chi connectivity index (χ0n) is 12.5. The number of rotatable bonds is 3. The van der Waals surface area contributed by atoms with Crippen LogP contribution in [0.5, 0.6) is 0 Å². The van der Waals surface area contributed by atoms with Crippen LogP contribution in [-0.2, 0) is 0 Å². The van der Waals surface area contributed by atoms with Crippen LogP contribution in [-0.4, -0.2) is 21.2 Å². The van der Waals surface area contributed by atoms with Crippen LogP contribution in [0.2, 0.25) is 0 Å². The molecule has 1 aromatic carbocycles. The molecule has 0 aliphatic carbocycles. The van der Waals surface area contributed by atoms with Crippen LogP contribution in [0.4, 0.5) is 5.95 Å². The Morgan fingerprint density at radius 3 is 2.50 bits per heavy atom. The summed E-state index contributed by atoms with van der Waals surface area (Å²) in [5.41, 5.74) is 9.24. The van der Waals surface area contributed by atoms with Crippen molar-refractivity contribution in [2.75, 3.05) is 5.73 Å². The molecule has 0 spiro atoms. The van der Waals surface area contributed by atoms with E-state index in [0.717, 1.165) is 5.56 Å². The van der Waals surface area contributed by atoms with Gasteiger partial charge in [-0.3, -0.25) is 4.79 Å². The van der Waals surface area contributed by atoms with Crippen LogP contribution in [0.15, 0.2) is 59.0 Å². The zero-order chi connectivity index (χ0) is 16.5. The summed E-state index contributed by atoms with van der Waals surface area (Å²) in [5.74, 6) is 0.954. The lowest BCUT2D eigenvalue weighted by Gasteiger charge is -2.07. The average Bonchev–Trinajstić information content (AvgIpc) is 3.10. The minimum atomic E-state index is 0.192. The fraction of sp³-hybridized carbons (Fsp3) is 0. The molecule has 3 heterocycles. The molecule has 0 aliphatic rings. The number of furan rings is 1. The molecule has 6 heteroatoms. The van der Waals surface area contributed by atoms with Crippen LogP contribution in [0, 0.1) is 0 Å². The molecule has 0 fully saturated rings. The SMILES string of the molecule is Nc1nc(-c2ccccc2)c2nc(-c3ccc(C=O)o3)ccc2n1. The van der Waals surface area contributed by atoms with E-state index >= 15 is 0 Å². The van der Waals surface area contributed by atoms with Gasteiger partial charge in [0.25, 0.3) is 0 Å². The van der Waals surface area contributed by atoms with E-state index in [9.17, 15) is 4.79 Å². The lowest BCUT2D eigenvalue weighted by molar-refractivity contribution is 0.110. The van der Waals surface area contributed by atoms with E-state index in [0.29, 0.717) is 34.5 Å². The Morgan fingerprint density at radius 2 is 1.75 bits per heavy atom. The third kappa shape index (κ3) is 2.40. The summed E-state index contributed by atoms with van der Waals surface area (Å²) in [5, 5.41) is 0. The Kier molecular flexibility index (Phi) is 3.28. The number of aromatic nitrogens is 3. The molecule has 4 aromatic rings. The fourth-order valence-corrected chi connectivity index (χ4v) is 2.52. The topological polar surface area (TPSA) is 94.9 Å². The van der Waals surface area contributed by atoms with Crippen molar-refractivity contribution in [3.05, 3.63) is 60.4 Å². The van der Waals surface area contributed by atoms with E-state index in [4.69, 9.17) is 10.2 Å². The largest absolute Gasteiger partial charge is 0.452 e. The summed E-state index contributed by atoms with van der Waals surface area (Å²) in [6, 6.07) is 16.5. The Hall–Kier alpha value is -3.54. The number of hydrogen-bond acceptors (Lipinski definition) is 6. The van der Waals surface area contributed by atoms with Crippen molar-refractivity contribution >= 4 is 23.3 Å². The molecule has 116 valence electrons. The highest BCUT2D eigenvalue weighted by Crippen LogP contribution is 2.28. The van der Waals surface area contributed by atoms with Gasteiger partial charge in [-0.15, -0.1) is 0 Å². The Morgan fingerprint density at radius 1 is 0.917 bits per heavy atom. The number of nitrogens with zero attached hydrogens (tertiary/aromatic N) is 3. The molecule has 0 saturated heterocycles. The Labute approximate surface area is 137 Å². The van der Waals surface area contributed by atoms with Crippen LogP contribution in [0.1, 0.15) is 10.6 Å². The number of carbonyl (C=O) groups is 1. The van der Waals surface area contributed by atoms with Crippen molar-refractivity contribution in [2.24, 2.45) is 0 Å². The second-order valence-corrected chi connectivity index (χ2v) is 5.18. The smallest absolute Gasteiger partial charge is 0.221 e. The van der Waals surface area contributed by atoms with Crippen LogP contribution in [0.3, 0.4) is 0 Å². The van der Waals surface area contributed by atoms with Gasteiger partial charge in [-0.1, -0.05) is 30.3 Å². The molecule has 0 saturated carbocycles. The van der Waals surface area contributed by atoms with Crippen molar-refractivity contribution < 1.29 is 9.21 Å². The van der Waals surface area contributed by atoms with Gasteiger partial charge in [0.15, 0.2) is 17.8 Å². The summed E-state index contributed by atoms with van der Waals surface area (Å²) >= 11 is 0. The molecular weight excluding hydrogens is 304 g/mol. The maximum absolute atomic E-state index is 10.8. The third-order valence-corrected chi connectivity index (χ3v) is 3.60. The summed E-state index contributed by atoms with van der Waals surface area (Å²) in [7, 11) is 0. The molecular formula is C18H12N4O2. The zero-order valence-corrected chi connectivity index (χ0v) is 12.5. The maximum Gasteiger partial charge on any atom is 0.221 e. The molecule has 24 heavy (non-hydrogen) atoms. The number of nitrogens with two attached hydrogens (primary N) is 1. The van der Waals surface area contributed by atoms with Gasteiger partial charge in [0, 0.05) is 5.56 Å². The first-order chi connectivity index (χ1) is 11.7. The monoisotopic (exact) mass is 316 g/mol. The standard InChI is InChI=1S/C18H12N4O2/c19-18-21-14-8-7-13(15-9-6-12(10-23)24-15)20-17(14)16(22-18)11-4-2-1-3-5-11/h1-10H,(H2,19,21,22). The van der Waals surface area contributed by atoms with Gasteiger partial charge < -0.3 is 10.2 Å². The van der Waals surface area contributed by atoms with E-state index in [2.05, 4.69) is 15.0 Å².